The molecule has 0 bridgehead atoms. The molecule has 1 heterocycles. The molecule has 0 spiro atoms. The van der Waals surface area contributed by atoms with Crippen LogP contribution >= 0.6 is 43.5 Å². The number of pyridine rings is 1. The fraction of sp³-hybridized carbons (Fsp3) is 0.267. The van der Waals surface area contributed by atoms with E-state index in [-0.39, 0.29) is 11.9 Å². The van der Waals surface area contributed by atoms with Crippen LogP contribution in [-0.2, 0) is 6.42 Å². The van der Waals surface area contributed by atoms with Gasteiger partial charge in [-0.2, -0.15) is 0 Å². The van der Waals surface area contributed by atoms with E-state index in [0.717, 1.165) is 26.7 Å². The van der Waals surface area contributed by atoms with Crippen molar-refractivity contribution < 1.29 is 4.39 Å². The molecule has 0 radical (unpaired) electrons. The Balaban J connectivity index is 2.30. The van der Waals surface area contributed by atoms with E-state index in [4.69, 9.17) is 11.6 Å². The van der Waals surface area contributed by atoms with Crippen LogP contribution in [0, 0.1) is 5.82 Å². The molecule has 112 valence electrons. The first-order valence-corrected chi connectivity index (χ1v) is 8.46. The van der Waals surface area contributed by atoms with Crippen molar-refractivity contribution in [3.05, 3.63) is 61.5 Å². The molecule has 1 aromatic heterocycles. The first kappa shape index (κ1) is 16.9. The first-order chi connectivity index (χ1) is 10.0. The van der Waals surface area contributed by atoms with Crippen LogP contribution in [0.25, 0.3) is 0 Å². The Labute approximate surface area is 145 Å². The predicted molar refractivity (Wildman–Crippen MR) is 91.2 cm³/mol. The summed E-state index contributed by atoms with van der Waals surface area (Å²) in [4.78, 5) is 4.47. The molecular weight excluding hydrogens is 422 g/mol. The predicted octanol–water partition coefficient (Wildman–Crippen LogP) is 5.29. The van der Waals surface area contributed by atoms with E-state index in [9.17, 15) is 4.39 Å². The van der Waals surface area contributed by atoms with Crippen molar-refractivity contribution in [3.63, 3.8) is 0 Å². The van der Waals surface area contributed by atoms with Gasteiger partial charge in [-0.1, -0.05) is 24.6 Å². The Hall–Kier alpha value is -0.490. The molecule has 0 saturated heterocycles. The normalized spacial score (nSPS) is 12.4. The second-order valence-electron chi connectivity index (χ2n) is 4.57. The third kappa shape index (κ3) is 4.49. The summed E-state index contributed by atoms with van der Waals surface area (Å²) >= 11 is 13.0. The van der Waals surface area contributed by atoms with Crippen molar-refractivity contribution in [1.82, 2.24) is 10.3 Å². The molecule has 0 aliphatic heterocycles. The van der Waals surface area contributed by atoms with Gasteiger partial charge in [-0.25, -0.2) is 4.39 Å². The van der Waals surface area contributed by atoms with Gasteiger partial charge in [0.05, 0.1) is 11.7 Å². The van der Waals surface area contributed by atoms with E-state index in [1.807, 2.05) is 13.0 Å². The first-order valence-electron chi connectivity index (χ1n) is 6.49. The summed E-state index contributed by atoms with van der Waals surface area (Å²) in [6, 6.07) is 6.44. The highest BCUT2D eigenvalue weighted by atomic mass is 79.9. The lowest BCUT2D eigenvalue weighted by Gasteiger charge is -2.19. The molecule has 0 aliphatic rings. The van der Waals surface area contributed by atoms with Crippen LogP contribution in [0.3, 0.4) is 0 Å². The molecule has 0 aliphatic carbocycles. The smallest absolute Gasteiger partial charge is 0.124 e. The lowest BCUT2D eigenvalue weighted by molar-refractivity contribution is 0.533. The Morgan fingerprint density at radius 3 is 2.71 bits per heavy atom. The SMILES string of the molecule is CCNC(Cc1ccc(F)cc1Cl)c1ncc(Br)cc1Br. The van der Waals surface area contributed by atoms with Crippen molar-refractivity contribution in [2.24, 2.45) is 0 Å². The van der Waals surface area contributed by atoms with Crippen LogP contribution in [-0.4, -0.2) is 11.5 Å². The third-order valence-corrected chi connectivity index (χ3v) is 4.48. The van der Waals surface area contributed by atoms with Crippen molar-refractivity contribution >= 4 is 43.5 Å². The summed E-state index contributed by atoms with van der Waals surface area (Å²) in [5.74, 6) is -0.327. The molecule has 1 unspecified atom stereocenters. The zero-order chi connectivity index (χ0) is 15.4. The third-order valence-electron chi connectivity index (χ3n) is 3.06. The Morgan fingerprint density at radius 1 is 1.33 bits per heavy atom. The number of likely N-dealkylation sites (N-methyl/N-ethyl adjacent to an activating group) is 1. The number of benzene rings is 1. The number of aromatic nitrogens is 1. The molecule has 2 rings (SSSR count). The molecular formula is C15H14Br2ClFN2. The van der Waals surface area contributed by atoms with Crippen molar-refractivity contribution in [2.75, 3.05) is 6.54 Å². The average Bonchev–Trinajstić information content (AvgIpc) is 2.41. The highest BCUT2D eigenvalue weighted by molar-refractivity contribution is 9.11. The van der Waals surface area contributed by atoms with Gasteiger partial charge < -0.3 is 5.32 Å². The molecule has 2 aromatic rings. The topological polar surface area (TPSA) is 24.9 Å². The zero-order valence-electron chi connectivity index (χ0n) is 11.3. The number of nitrogens with one attached hydrogen (secondary N) is 1. The minimum atomic E-state index is -0.327. The monoisotopic (exact) mass is 434 g/mol. The maximum absolute atomic E-state index is 13.1. The van der Waals surface area contributed by atoms with Gasteiger partial charge in [0.2, 0.25) is 0 Å². The summed E-state index contributed by atoms with van der Waals surface area (Å²) in [7, 11) is 0. The molecule has 21 heavy (non-hydrogen) atoms. The summed E-state index contributed by atoms with van der Waals surface area (Å²) in [6.45, 7) is 2.83. The van der Waals surface area contributed by atoms with Crippen LogP contribution in [0.5, 0.6) is 0 Å². The molecule has 1 N–H and O–H groups in total. The largest absolute Gasteiger partial charge is 0.309 e. The Bertz CT molecular complexity index is 637. The molecule has 2 nitrogen and oxygen atoms in total. The van der Waals surface area contributed by atoms with Gasteiger partial charge >= 0.3 is 0 Å². The second kappa shape index (κ2) is 7.68. The maximum atomic E-state index is 13.1. The molecule has 0 saturated carbocycles. The van der Waals surface area contributed by atoms with Gasteiger partial charge in [-0.05, 0) is 68.6 Å². The molecule has 0 fully saturated rings. The van der Waals surface area contributed by atoms with E-state index in [1.165, 1.54) is 12.1 Å². The van der Waals surface area contributed by atoms with Gasteiger partial charge in [0.25, 0.3) is 0 Å². The number of nitrogens with zero attached hydrogens (tertiary/aromatic N) is 1. The summed E-state index contributed by atoms with van der Waals surface area (Å²) in [5.41, 5.74) is 1.79. The van der Waals surface area contributed by atoms with Crippen LogP contribution in [0.2, 0.25) is 5.02 Å². The number of hydrogen-bond donors (Lipinski definition) is 1. The number of hydrogen-bond acceptors (Lipinski definition) is 2. The lowest BCUT2D eigenvalue weighted by Crippen LogP contribution is -2.24. The number of halogens is 4. The number of rotatable bonds is 5. The van der Waals surface area contributed by atoms with Crippen molar-refractivity contribution in [3.8, 4) is 0 Å². The molecule has 1 atom stereocenters. The van der Waals surface area contributed by atoms with Gasteiger partial charge in [-0.3, -0.25) is 4.98 Å². The average molecular weight is 437 g/mol. The van der Waals surface area contributed by atoms with Crippen LogP contribution < -0.4 is 5.32 Å². The quantitative estimate of drug-likeness (QED) is 0.689. The fourth-order valence-electron chi connectivity index (χ4n) is 2.10. The molecule has 1 aromatic carbocycles. The lowest BCUT2D eigenvalue weighted by atomic mass is 10.0. The molecule has 6 heteroatoms. The van der Waals surface area contributed by atoms with Crippen LogP contribution in [0.1, 0.15) is 24.2 Å². The summed E-state index contributed by atoms with van der Waals surface area (Å²) < 4.78 is 15.0. The Morgan fingerprint density at radius 2 is 2.10 bits per heavy atom. The van der Waals surface area contributed by atoms with E-state index in [0.29, 0.717) is 11.4 Å². The van der Waals surface area contributed by atoms with Gasteiger partial charge in [0.15, 0.2) is 0 Å². The fourth-order valence-corrected chi connectivity index (χ4v) is 3.61. The van der Waals surface area contributed by atoms with E-state index >= 15 is 0 Å². The van der Waals surface area contributed by atoms with Gasteiger partial charge in [0, 0.05) is 20.2 Å². The summed E-state index contributed by atoms with van der Waals surface area (Å²) in [6.07, 6.45) is 2.40. The zero-order valence-corrected chi connectivity index (χ0v) is 15.3. The van der Waals surface area contributed by atoms with Crippen molar-refractivity contribution in [2.45, 2.75) is 19.4 Å². The second-order valence-corrected chi connectivity index (χ2v) is 6.75. The van der Waals surface area contributed by atoms with E-state index in [1.54, 1.807) is 12.3 Å². The minimum Gasteiger partial charge on any atom is -0.309 e. The summed E-state index contributed by atoms with van der Waals surface area (Å²) in [5, 5.41) is 3.83. The highest BCUT2D eigenvalue weighted by Crippen LogP contribution is 2.29. The van der Waals surface area contributed by atoms with Crippen LogP contribution in [0.4, 0.5) is 4.39 Å². The minimum absolute atomic E-state index is 0.000404. The van der Waals surface area contributed by atoms with Crippen molar-refractivity contribution in [1.29, 1.82) is 0 Å². The highest BCUT2D eigenvalue weighted by Gasteiger charge is 2.17. The van der Waals surface area contributed by atoms with Crippen LogP contribution in [0.15, 0.2) is 39.4 Å². The van der Waals surface area contributed by atoms with Gasteiger partial charge in [0.1, 0.15) is 5.82 Å². The van der Waals surface area contributed by atoms with E-state index in [2.05, 4.69) is 42.2 Å². The maximum Gasteiger partial charge on any atom is 0.124 e. The van der Waals surface area contributed by atoms with Gasteiger partial charge in [-0.15, -0.1) is 0 Å². The molecule has 0 amide bonds. The standard InChI is InChI=1S/C15H14Br2ClFN2/c1-2-20-14(15-12(17)6-10(16)8-21-15)5-9-3-4-11(19)7-13(9)18/h3-4,6-8,14,20H,2,5H2,1H3. The Kier molecular flexibility index (Phi) is 6.17. The van der Waals surface area contributed by atoms with E-state index < -0.39 is 0 Å².